The molecule has 0 radical (unpaired) electrons. The highest BCUT2D eigenvalue weighted by molar-refractivity contribution is 7.99. The van der Waals surface area contributed by atoms with Crippen LogP contribution < -0.4 is 5.73 Å². The third-order valence-corrected chi connectivity index (χ3v) is 6.45. The highest BCUT2D eigenvalue weighted by atomic mass is 32.2. The summed E-state index contributed by atoms with van der Waals surface area (Å²) in [5, 5.41) is 0. The van der Waals surface area contributed by atoms with Crippen LogP contribution in [0.4, 0.5) is 5.82 Å². The van der Waals surface area contributed by atoms with Crippen LogP contribution in [0.25, 0.3) is 11.3 Å². The Kier molecular flexibility index (Phi) is 5.59. The number of nitrogen functional groups attached to an aromatic ring is 1. The summed E-state index contributed by atoms with van der Waals surface area (Å²) in [6.45, 7) is 3.55. The molecule has 1 aromatic heterocycles. The highest BCUT2D eigenvalue weighted by Gasteiger charge is 2.27. The Morgan fingerprint density at radius 1 is 1.07 bits per heavy atom. The number of hydrogen-bond donors (Lipinski definition) is 1. The van der Waals surface area contributed by atoms with Gasteiger partial charge in [0.25, 0.3) is 5.91 Å². The molecule has 3 heterocycles. The fourth-order valence-corrected chi connectivity index (χ4v) is 4.95. The maximum absolute atomic E-state index is 13.0. The number of aromatic nitrogens is 2. The van der Waals surface area contributed by atoms with Crippen LogP contribution in [0.3, 0.4) is 0 Å². The summed E-state index contributed by atoms with van der Waals surface area (Å²) in [4.78, 5) is 25.7. The number of thioether (sulfide) groups is 1. The van der Waals surface area contributed by atoms with Crippen molar-refractivity contribution in [3.8, 4) is 11.3 Å². The molecule has 2 fully saturated rings. The Hall–Kier alpha value is -2.12. The minimum Gasteiger partial charge on any atom is -0.384 e. The van der Waals surface area contributed by atoms with Crippen LogP contribution in [-0.2, 0) is 0 Å². The molecule has 0 saturated carbocycles. The Balaban J connectivity index is 1.42. The van der Waals surface area contributed by atoms with Gasteiger partial charge in [0.2, 0.25) is 0 Å². The minimum absolute atomic E-state index is 0.0951. The second-order valence-corrected chi connectivity index (χ2v) is 8.31. The van der Waals surface area contributed by atoms with Crippen LogP contribution in [0.2, 0.25) is 0 Å². The van der Waals surface area contributed by atoms with E-state index in [1.54, 1.807) is 6.07 Å². The molecule has 4 rings (SSSR count). The van der Waals surface area contributed by atoms with Crippen LogP contribution >= 0.6 is 11.8 Å². The molecule has 142 valence electrons. The molecule has 6 nitrogen and oxygen atoms in total. The van der Waals surface area contributed by atoms with E-state index in [0.29, 0.717) is 17.4 Å². The zero-order valence-corrected chi connectivity index (χ0v) is 16.2. The molecule has 0 atom stereocenters. The summed E-state index contributed by atoms with van der Waals surface area (Å²) in [6, 6.07) is 10.0. The highest BCUT2D eigenvalue weighted by Crippen LogP contribution is 2.24. The largest absolute Gasteiger partial charge is 0.384 e. The third kappa shape index (κ3) is 4.25. The van der Waals surface area contributed by atoms with Crippen molar-refractivity contribution in [3.05, 3.63) is 42.2 Å². The van der Waals surface area contributed by atoms with Crippen LogP contribution in [-0.4, -0.2) is 69.4 Å². The number of rotatable bonds is 3. The monoisotopic (exact) mass is 383 g/mol. The van der Waals surface area contributed by atoms with Crippen molar-refractivity contribution in [2.75, 3.05) is 43.4 Å². The van der Waals surface area contributed by atoms with E-state index >= 15 is 0 Å². The second-order valence-electron chi connectivity index (χ2n) is 7.08. The zero-order chi connectivity index (χ0) is 18.6. The molecule has 0 aliphatic carbocycles. The van der Waals surface area contributed by atoms with Crippen molar-refractivity contribution in [3.63, 3.8) is 0 Å². The van der Waals surface area contributed by atoms with Crippen molar-refractivity contribution in [1.82, 2.24) is 19.8 Å². The molecule has 0 unspecified atom stereocenters. The Morgan fingerprint density at radius 2 is 1.85 bits per heavy atom. The molecule has 0 spiro atoms. The lowest BCUT2D eigenvalue weighted by Gasteiger charge is -2.40. The average Bonchev–Trinajstić information content (AvgIpc) is 2.74. The third-order valence-electron chi connectivity index (χ3n) is 5.40. The molecule has 2 aliphatic rings. The van der Waals surface area contributed by atoms with E-state index in [0.717, 1.165) is 37.4 Å². The summed E-state index contributed by atoms with van der Waals surface area (Å²) in [5.74, 6) is 3.06. The van der Waals surface area contributed by atoms with Gasteiger partial charge < -0.3 is 10.6 Å². The van der Waals surface area contributed by atoms with Crippen LogP contribution in [0.1, 0.15) is 23.2 Å². The Labute approximate surface area is 164 Å². The van der Waals surface area contributed by atoms with Gasteiger partial charge >= 0.3 is 0 Å². The van der Waals surface area contributed by atoms with Gasteiger partial charge in [-0.2, -0.15) is 11.8 Å². The van der Waals surface area contributed by atoms with Gasteiger partial charge in [0.15, 0.2) is 0 Å². The van der Waals surface area contributed by atoms with Gasteiger partial charge in [0, 0.05) is 49.4 Å². The lowest BCUT2D eigenvalue weighted by Crippen LogP contribution is -2.52. The first-order valence-electron chi connectivity index (χ1n) is 9.50. The number of carbonyl (C=O) groups is 1. The van der Waals surface area contributed by atoms with Gasteiger partial charge in [-0.25, -0.2) is 9.97 Å². The van der Waals surface area contributed by atoms with E-state index in [4.69, 9.17) is 5.73 Å². The molecule has 2 N–H and O–H groups in total. The summed E-state index contributed by atoms with van der Waals surface area (Å²) < 4.78 is 0. The van der Waals surface area contributed by atoms with Crippen molar-refractivity contribution < 1.29 is 4.79 Å². The standard InChI is InChI=1S/C20H25N5OS/c21-19-13-18(22-14-23-19)15-2-1-3-16(12-15)20(26)25-8-6-24(7-9-25)17-4-10-27-11-5-17/h1-3,12-14,17H,4-11H2,(H2,21,22,23). The maximum atomic E-state index is 13.0. The fourth-order valence-electron chi connectivity index (χ4n) is 3.86. The predicted molar refractivity (Wildman–Crippen MR) is 110 cm³/mol. The number of amides is 1. The second kappa shape index (κ2) is 8.27. The SMILES string of the molecule is Nc1cc(-c2cccc(C(=O)N3CCN(C4CCSCC4)CC3)c2)ncn1. The van der Waals surface area contributed by atoms with E-state index in [1.165, 1.54) is 30.7 Å². The van der Waals surface area contributed by atoms with Crippen molar-refractivity contribution >= 4 is 23.5 Å². The first-order valence-corrected chi connectivity index (χ1v) is 10.7. The number of nitrogens with two attached hydrogens (primary N) is 1. The Morgan fingerprint density at radius 3 is 2.59 bits per heavy atom. The quantitative estimate of drug-likeness (QED) is 0.877. The lowest BCUT2D eigenvalue weighted by molar-refractivity contribution is 0.0559. The number of benzene rings is 1. The average molecular weight is 384 g/mol. The van der Waals surface area contributed by atoms with Crippen molar-refractivity contribution in [2.24, 2.45) is 0 Å². The fraction of sp³-hybridized carbons (Fsp3) is 0.450. The number of anilines is 1. The summed E-state index contributed by atoms with van der Waals surface area (Å²) in [5.41, 5.74) is 8.07. The summed E-state index contributed by atoms with van der Waals surface area (Å²) in [6.07, 6.45) is 4.01. The van der Waals surface area contributed by atoms with Crippen molar-refractivity contribution in [1.29, 1.82) is 0 Å². The molecular weight excluding hydrogens is 358 g/mol. The normalized spacial score (nSPS) is 19.2. The lowest BCUT2D eigenvalue weighted by atomic mass is 10.1. The van der Waals surface area contributed by atoms with Gasteiger partial charge in [-0.1, -0.05) is 12.1 Å². The van der Waals surface area contributed by atoms with E-state index in [-0.39, 0.29) is 5.91 Å². The summed E-state index contributed by atoms with van der Waals surface area (Å²) >= 11 is 2.06. The van der Waals surface area contributed by atoms with Gasteiger partial charge in [0.05, 0.1) is 5.69 Å². The molecule has 1 amide bonds. The van der Waals surface area contributed by atoms with E-state index in [9.17, 15) is 4.79 Å². The van der Waals surface area contributed by atoms with Gasteiger partial charge in [-0.15, -0.1) is 0 Å². The first kappa shape index (κ1) is 18.3. The van der Waals surface area contributed by atoms with Crippen molar-refractivity contribution in [2.45, 2.75) is 18.9 Å². The Bertz CT molecular complexity index is 800. The van der Waals surface area contributed by atoms with Gasteiger partial charge in [-0.05, 0) is 36.5 Å². The topological polar surface area (TPSA) is 75.4 Å². The van der Waals surface area contributed by atoms with Gasteiger partial charge in [-0.3, -0.25) is 9.69 Å². The number of piperazine rings is 1. The zero-order valence-electron chi connectivity index (χ0n) is 15.4. The van der Waals surface area contributed by atoms with Crippen LogP contribution in [0.5, 0.6) is 0 Å². The van der Waals surface area contributed by atoms with Crippen LogP contribution in [0.15, 0.2) is 36.7 Å². The molecule has 7 heteroatoms. The number of nitrogens with zero attached hydrogens (tertiary/aromatic N) is 4. The molecular formula is C20H25N5OS. The van der Waals surface area contributed by atoms with E-state index < -0.39 is 0 Å². The molecule has 0 bridgehead atoms. The van der Waals surface area contributed by atoms with E-state index in [2.05, 4.69) is 26.6 Å². The number of carbonyl (C=O) groups excluding carboxylic acids is 1. The first-order chi connectivity index (χ1) is 13.2. The van der Waals surface area contributed by atoms with Crippen LogP contribution in [0, 0.1) is 0 Å². The minimum atomic E-state index is 0.0951. The molecule has 1 aromatic carbocycles. The smallest absolute Gasteiger partial charge is 0.253 e. The molecule has 2 aliphatic heterocycles. The number of hydrogen-bond acceptors (Lipinski definition) is 6. The summed E-state index contributed by atoms with van der Waals surface area (Å²) in [7, 11) is 0. The maximum Gasteiger partial charge on any atom is 0.253 e. The predicted octanol–water partition coefficient (Wildman–Crippen LogP) is 2.38. The molecule has 2 aromatic rings. The van der Waals surface area contributed by atoms with E-state index in [1.807, 2.05) is 29.2 Å². The van der Waals surface area contributed by atoms with Gasteiger partial charge in [0.1, 0.15) is 12.1 Å². The molecule has 2 saturated heterocycles. The molecule has 27 heavy (non-hydrogen) atoms.